The number of carbonyl (C=O) groups is 3. The monoisotopic (exact) mass is 789 g/mol. The summed E-state index contributed by atoms with van der Waals surface area (Å²) in [5.41, 5.74) is 6.13. The summed E-state index contributed by atoms with van der Waals surface area (Å²) in [6, 6.07) is 13.7. The van der Waals surface area contributed by atoms with E-state index in [1.807, 2.05) is 51.8 Å². The number of benzene rings is 3. The van der Waals surface area contributed by atoms with Crippen LogP contribution in [0.5, 0.6) is 5.75 Å². The number of alkyl carbamates (subject to hydrolysis) is 1. The molecule has 9 rings (SSSR count). The molecule has 2 saturated heterocycles. The van der Waals surface area contributed by atoms with Crippen LogP contribution in [0.25, 0.3) is 44.2 Å². The van der Waals surface area contributed by atoms with Gasteiger partial charge in [0.2, 0.25) is 5.91 Å². The molecule has 3 fully saturated rings. The highest BCUT2D eigenvalue weighted by Crippen LogP contribution is 2.54. The molecule has 5 aromatic rings. The van der Waals surface area contributed by atoms with Crippen molar-refractivity contribution in [2.75, 3.05) is 27.4 Å². The number of ether oxygens (including phenoxy) is 4. The quantitative estimate of drug-likeness (QED) is 0.143. The van der Waals surface area contributed by atoms with Crippen molar-refractivity contribution in [3.8, 4) is 28.1 Å². The molecule has 1 saturated carbocycles. The number of fused-ring (bicyclic) bond motifs is 7. The van der Waals surface area contributed by atoms with E-state index in [4.69, 9.17) is 28.9 Å². The average Bonchev–Trinajstić information content (AvgIpc) is 3.66. The second-order valence-electron chi connectivity index (χ2n) is 17.6. The fraction of sp³-hybridized carbons (Fsp3) is 0.477. The van der Waals surface area contributed by atoms with Crippen LogP contribution in [-0.2, 0) is 25.6 Å². The van der Waals surface area contributed by atoms with Gasteiger partial charge in [-0.15, -0.1) is 0 Å². The SMILES string of the molecule is COC[C@H]1C[C@@H](c2ncc(-c3ccc4c(c3)COc3cc5c(ccc6nc([C@@H]7C[C@@H]8CC8N7C(=O)[C@@H](NC(=O)OC)C(C)C)[nH]c65)cc3-4)[nH]2)N(C(=O)OC(C)(C)C)C1. The van der Waals surface area contributed by atoms with Crippen molar-refractivity contribution in [1.82, 2.24) is 35.1 Å². The van der Waals surface area contributed by atoms with Gasteiger partial charge in [-0.25, -0.2) is 19.6 Å². The molecule has 0 spiro atoms. The summed E-state index contributed by atoms with van der Waals surface area (Å²) >= 11 is 0. The molecule has 3 aliphatic heterocycles. The summed E-state index contributed by atoms with van der Waals surface area (Å²) in [6.45, 7) is 11.0. The zero-order valence-electron chi connectivity index (χ0n) is 34.0. The van der Waals surface area contributed by atoms with Crippen LogP contribution in [0.4, 0.5) is 9.59 Å². The van der Waals surface area contributed by atoms with Crippen LogP contribution in [0.15, 0.2) is 48.7 Å². The minimum Gasteiger partial charge on any atom is -0.488 e. The average molecular weight is 790 g/mol. The van der Waals surface area contributed by atoms with E-state index in [-0.39, 0.29) is 42.0 Å². The minimum absolute atomic E-state index is 0.104. The highest BCUT2D eigenvalue weighted by Gasteiger charge is 2.56. The van der Waals surface area contributed by atoms with E-state index < -0.39 is 17.7 Å². The van der Waals surface area contributed by atoms with E-state index in [9.17, 15) is 14.4 Å². The number of nitrogens with zero attached hydrogens (tertiary/aromatic N) is 4. The van der Waals surface area contributed by atoms with Crippen molar-refractivity contribution in [2.24, 2.45) is 17.8 Å². The van der Waals surface area contributed by atoms with Crippen molar-refractivity contribution in [3.05, 3.63) is 65.9 Å². The Hall–Kier alpha value is -5.63. The molecule has 304 valence electrons. The largest absolute Gasteiger partial charge is 0.488 e. The Balaban J connectivity index is 0.977. The number of imidazole rings is 2. The van der Waals surface area contributed by atoms with Crippen molar-refractivity contribution >= 4 is 39.9 Å². The van der Waals surface area contributed by atoms with Crippen LogP contribution in [0.1, 0.15) is 83.2 Å². The lowest BCUT2D eigenvalue weighted by Crippen LogP contribution is -2.52. The zero-order chi connectivity index (χ0) is 40.6. The first-order valence-electron chi connectivity index (χ1n) is 20.2. The standard InChI is InChI=1S/C44H51N7O7/c1-22(2)37(49-42(53)56-7)41(52)51-33-15-26(33)16-35(51)40-46-31-11-9-24-14-30-28-10-8-25(13-27(28)21-57-36(30)17-29(24)38(31)48-40)32-18-45-39(47-32)34-12-23(20-55-6)19-50(34)43(54)58-44(3,4)5/h8-11,13-14,17-18,22-23,26,33-35,37H,12,15-16,19-21H2,1-7H3,(H,45,47)(H,46,48)(H,49,53)/t23-,26-,33?,34-,35-,37-/m0/s1. The Bertz CT molecular complexity index is 2430. The first-order valence-corrected chi connectivity index (χ1v) is 20.2. The molecule has 5 heterocycles. The Morgan fingerprint density at radius 3 is 2.57 bits per heavy atom. The number of hydrogen-bond donors (Lipinski definition) is 3. The number of amides is 3. The molecule has 0 bridgehead atoms. The summed E-state index contributed by atoms with van der Waals surface area (Å²) in [5.74, 6) is 2.66. The van der Waals surface area contributed by atoms with Crippen LogP contribution in [-0.4, -0.2) is 92.9 Å². The number of methoxy groups -OCH3 is 2. The van der Waals surface area contributed by atoms with E-state index in [2.05, 4.69) is 51.7 Å². The molecule has 58 heavy (non-hydrogen) atoms. The third-order valence-corrected chi connectivity index (χ3v) is 12.1. The first kappa shape index (κ1) is 37.9. The Kier molecular flexibility index (Phi) is 9.37. The maximum absolute atomic E-state index is 14.0. The lowest BCUT2D eigenvalue weighted by Gasteiger charge is -2.31. The Labute approximate surface area is 337 Å². The number of rotatable bonds is 8. The molecule has 3 N–H and O–H groups in total. The van der Waals surface area contributed by atoms with Crippen LogP contribution in [0.2, 0.25) is 0 Å². The lowest BCUT2D eigenvalue weighted by molar-refractivity contribution is -0.136. The molecular formula is C44H51N7O7. The van der Waals surface area contributed by atoms with Gasteiger partial charge in [0.25, 0.3) is 0 Å². The van der Waals surface area contributed by atoms with Crippen molar-refractivity contribution < 1.29 is 33.3 Å². The van der Waals surface area contributed by atoms with Crippen molar-refractivity contribution in [1.29, 1.82) is 0 Å². The lowest BCUT2D eigenvalue weighted by atomic mass is 9.92. The number of piperidine rings is 1. The molecular weight excluding hydrogens is 739 g/mol. The number of H-pyrrole nitrogens is 2. The molecule has 6 atom stereocenters. The van der Waals surface area contributed by atoms with E-state index in [1.165, 1.54) is 7.11 Å². The highest BCUT2D eigenvalue weighted by atomic mass is 16.6. The minimum atomic E-state index is -0.692. The van der Waals surface area contributed by atoms with E-state index in [0.29, 0.717) is 25.7 Å². The summed E-state index contributed by atoms with van der Waals surface area (Å²) in [5, 5.41) is 4.80. The van der Waals surface area contributed by atoms with Crippen LogP contribution < -0.4 is 10.1 Å². The Morgan fingerprint density at radius 2 is 1.81 bits per heavy atom. The third-order valence-electron chi connectivity index (χ3n) is 12.1. The molecule has 3 aromatic carbocycles. The van der Waals surface area contributed by atoms with Crippen molar-refractivity contribution in [3.63, 3.8) is 0 Å². The van der Waals surface area contributed by atoms with Gasteiger partial charge in [0.05, 0.1) is 48.7 Å². The summed E-state index contributed by atoms with van der Waals surface area (Å²) < 4.78 is 22.5. The number of hydrogen-bond acceptors (Lipinski definition) is 9. The molecule has 0 radical (unpaired) electrons. The molecule has 14 heteroatoms. The van der Waals surface area contributed by atoms with Gasteiger partial charge in [-0.1, -0.05) is 32.0 Å². The van der Waals surface area contributed by atoms with Crippen LogP contribution >= 0.6 is 0 Å². The van der Waals surface area contributed by atoms with Gasteiger partial charge >= 0.3 is 12.2 Å². The summed E-state index contributed by atoms with van der Waals surface area (Å²) in [4.78, 5) is 60.0. The topological polar surface area (TPSA) is 164 Å². The van der Waals surface area contributed by atoms with Gasteiger partial charge in [0.1, 0.15) is 35.6 Å². The highest BCUT2D eigenvalue weighted by molar-refractivity contribution is 6.07. The molecule has 14 nitrogen and oxygen atoms in total. The Morgan fingerprint density at radius 1 is 0.983 bits per heavy atom. The predicted molar refractivity (Wildman–Crippen MR) is 217 cm³/mol. The van der Waals surface area contributed by atoms with E-state index in [1.54, 1.807) is 12.0 Å². The molecule has 4 aliphatic rings. The predicted octanol–water partition coefficient (Wildman–Crippen LogP) is 7.65. The third kappa shape index (κ3) is 6.80. The zero-order valence-corrected chi connectivity index (χ0v) is 34.0. The smallest absolute Gasteiger partial charge is 0.410 e. The van der Waals surface area contributed by atoms with E-state index >= 15 is 0 Å². The molecule has 1 unspecified atom stereocenters. The number of carbonyl (C=O) groups excluding carboxylic acids is 3. The van der Waals surface area contributed by atoms with Crippen LogP contribution in [0.3, 0.4) is 0 Å². The molecule has 3 amide bonds. The number of nitrogens with one attached hydrogen (secondary N) is 3. The van der Waals surface area contributed by atoms with Gasteiger partial charge in [-0.05, 0) is 98.2 Å². The maximum Gasteiger partial charge on any atom is 0.410 e. The summed E-state index contributed by atoms with van der Waals surface area (Å²) in [6.07, 6.45) is 3.38. The maximum atomic E-state index is 14.0. The number of aromatic nitrogens is 4. The second kappa shape index (κ2) is 14.3. The second-order valence-corrected chi connectivity index (χ2v) is 17.6. The van der Waals surface area contributed by atoms with E-state index in [0.717, 1.165) is 86.4 Å². The molecule has 1 aliphatic carbocycles. The van der Waals surface area contributed by atoms with Crippen molar-refractivity contribution in [2.45, 2.75) is 90.3 Å². The number of likely N-dealkylation sites (tertiary alicyclic amines) is 2. The fourth-order valence-electron chi connectivity index (χ4n) is 9.23. The van der Waals surface area contributed by atoms with Gasteiger partial charge in [0, 0.05) is 36.6 Å². The molecule has 2 aromatic heterocycles. The fourth-order valence-corrected chi connectivity index (χ4v) is 9.23. The van der Waals surface area contributed by atoms with Gasteiger partial charge < -0.3 is 39.1 Å². The van der Waals surface area contributed by atoms with Gasteiger partial charge in [-0.2, -0.15) is 0 Å². The van der Waals surface area contributed by atoms with Crippen LogP contribution in [0, 0.1) is 17.8 Å². The summed E-state index contributed by atoms with van der Waals surface area (Å²) in [7, 11) is 2.99. The van der Waals surface area contributed by atoms with Gasteiger partial charge in [-0.3, -0.25) is 9.69 Å². The normalized spacial score (nSPS) is 22.7. The van der Waals surface area contributed by atoms with Gasteiger partial charge in [0.15, 0.2) is 0 Å². The number of aromatic amines is 2. The first-order chi connectivity index (χ1) is 27.8.